The molecule has 17 heavy (non-hydrogen) atoms. The maximum absolute atomic E-state index is 11.9. The maximum Gasteiger partial charge on any atom is 0.327 e. The number of hydrogen-bond donors (Lipinski definition) is 1. The fourth-order valence-corrected chi connectivity index (χ4v) is 2.63. The van der Waals surface area contributed by atoms with Crippen LogP contribution in [-0.2, 0) is 16.1 Å². The topological polar surface area (TPSA) is 101 Å². The van der Waals surface area contributed by atoms with Crippen LogP contribution in [0.25, 0.3) is 0 Å². The van der Waals surface area contributed by atoms with Gasteiger partial charge in [0.25, 0.3) is 0 Å². The van der Waals surface area contributed by atoms with Gasteiger partial charge < -0.3 is 10.0 Å². The van der Waals surface area contributed by atoms with Crippen molar-refractivity contribution in [2.24, 2.45) is 0 Å². The second-order valence-corrected chi connectivity index (χ2v) is 4.67. The highest BCUT2D eigenvalue weighted by molar-refractivity contribution is 7.99. The van der Waals surface area contributed by atoms with Gasteiger partial charge in [-0.1, -0.05) is 0 Å². The average molecular weight is 257 g/mol. The average Bonchev–Trinajstić information content (AvgIpc) is 2.81. The maximum atomic E-state index is 11.9. The number of carbonyl (C=O) groups excluding carboxylic acids is 1. The van der Waals surface area contributed by atoms with Gasteiger partial charge >= 0.3 is 5.97 Å². The highest BCUT2D eigenvalue weighted by Crippen LogP contribution is 2.17. The minimum atomic E-state index is -0.970. The van der Waals surface area contributed by atoms with E-state index in [-0.39, 0.29) is 12.5 Å². The number of aromatic nitrogens is 4. The van der Waals surface area contributed by atoms with E-state index in [1.165, 1.54) is 27.7 Å². The van der Waals surface area contributed by atoms with Crippen LogP contribution in [0.3, 0.4) is 0 Å². The standard InChI is InChI=1S/C8H11N5O3S/c14-7(3-12-5-9-10-11-12)13-1-2-17-4-6(13)8(15)16/h5-6H,1-4H2,(H,15,16). The van der Waals surface area contributed by atoms with Crippen molar-refractivity contribution in [2.75, 3.05) is 18.1 Å². The van der Waals surface area contributed by atoms with E-state index in [4.69, 9.17) is 5.11 Å². The zero-order chi connectivity index (χ0) is 12.3. The first-order valence-electron chi connectivity index (χ1n) is 4.99. The number of nitrogens with zero attached hydrogens (tertiary/aromatic N) is 5. The van der Waals surface area contributed by atoms with Gasteiger partial charge in [-0.25, -0.2) is 9.48 Å². The Morgan fingerprint density at radius 3 is 3.00 bits per heavy atom. The summed E-state index contributed by atoms with van der Waals surface area (Å²) >= 11 is 1.54. The fraction of sp³-hybridized carbons (Fsp3) is 0.625. The normalized spacial score (nSPS) is 20.2. The SMILES string of the molecule is O=C(O)C1CSCCN1C(=O)Cn1cnnn1. The Labute approximate surface area is 101 Å². The van der Waals surface area contributed by atoms with Gasteiger partial charge in [-0.2, -0.15) is 11.8 Å². The van der Waals surface area contributed by atoms with E-state index >= 15 is 0 Å². The first-order valence-corrected chi connectivity index (χ1v) is 6.15. The Morgan fingerprint density at radius 2 is 2.35 bits per heavy atom. The number of rotatable bonds is 3. The molecular formula is C8H11N5O3S. The molecule has 0 spiro atoms. The van der Waals surface area contributed by atoms with Gasteiger partial charge in [-0.3, -0.25) is 4.79 Å². The number of hydrogen-bond acceptors (Lipinski definition) is 6. The fourth-order valence-electron chi connectivity index (χ4n) is 1.59. The molecule has 1 amide bonds. The third-order valence-electron chi connectivity index (χ3n) is 2.42. The summed E-state index contributed by atoms with van der Waals surface area (Å²) in [5.41, 5.74) is 0. The molecule has 1 aliphatic heterocycles. The van der Waals surface area contributed by atoms with Gasteiger partial charge in [0, 0.05) is 18.1 Å². The van der Waals surface area contributed by atoms with Crippen LogP contribution >= 0.6 is 11.8 Å². The van der Waals surface area contributed by atoms with Crippen molar-refractivity contribution < 1.29 is 14.7 Å². The lowest BCUT2D eigenvalue weighted by molar-refractivity contribution is -0.149. The third kappa shape index (κ3) is 2.73. The third-order valence-corrected chi connectivity index (χ3v) is 3.45. The van der Waals surface area contributed by atoms with E-state index in [1.807, 2.05) is 0 Å². The van der Waals surface area contributed by atoms with Crippen molar-refractivity contribution in [1.29, 1.82) is 0 Å². The second-order valence-electron chi connectivity index (χ2n) is 3.52. The van der Waals surface area contributed by atoms with Crippen LogP contribution in [-0.4, -0.2) is 66.2 Å². The Bertz CT molecular complexity index is 409. The summed E-state index contributed by atoms with van der Waals surface area (Å²) in [7, 11) is 0. The minimum absolute atomic E-state index is 0.0263. The molecule has 2 heterocycles. The summed E-state index contributed by atoms with van der Waals surface area (Å²) in [5.74, 6) is -0.0609. The Kier molecular flexibility index (Phi) is 3.57. The van der Waals surface area contributed by atoms with Crippen LogP contribution in [0, 0.1) is 0 Å². The van der Waals surface area contributed by atoms with Crippen molar-refractivity contribution in [3.63, 3.8) is 0 Å². The van der Waals surface area contributed by atoms with E-state index in [1.54, 1.807) is 0 Å². The molecule has 9 heteroatoms. The Hall–Kier alpha value is -1.64. The highest BCUT2D eigenvalue weighted by atomic mass is 32.2. The summed E-state index contributed by atoms with van der Waals surface area (Å²) < 4.78 is 1.28. The molecule has 92 valence electrons. The van der Waals surface area contributed by atoms with Crippen molar-refractivity contribution >= 4 is 23.6 Å². The van der Waals surface area contributed by atoms with Crippen LogP contribution in [0.2, 0.25) is 0 Å². The molecule has 0 aliphatic carbocycles. The van der Waals surface area contributed by atoms with E-state index < -0.39 is 12.0 Å². The first-order chi connectivity index (χ1) is 8.18. The van der Waals surface area contributed by atoms with E-state index in [0.717, 1.165) is 5.75 Å². The lowest BCUT2D eigenvalue weighted by atomic mass is 10.2. The largest absolute Gasteiger partial charge is 0.480 e. The molecule has 0 radical (unpaired) electrons. The van der Waals surface area contributed by atoms with Crippen molar-refractivity contribution in [2.45, 2.75) is 12.6 Å². The molecule has 1 aromatic rings. The van der Waals surface area contributed by atoms with Crippen molar-refractivity contribution in [3.8, 4) is 0 Å². The number of carboxylic acids is 1. The zero-order valence-electron chi connectivity index (χ0n) is 8.89. The summed E-state index contributed by atoms with van der Waals surface area (Å²) in [6.45, 7) is 0.421. The molecular weight excluding hydrogens is 246 g/mol. The Morgan fingerprint density at radius 1 is 1.53 bits per heavy atom. The van der Waals surface area contributed by atoms with Gasteiger partial charge in [-0.05, 0) is 10.4 Å². The molecule has 0 aromatic carbocycles. The highest BCUT2D eigenvalue weighted by Gasteiger charge is 2.32. The molecule has 1 aliphatic rings. The van der Waals surface area contributed by atoms with Gasteiger partial charge in [0.2, 0.25) is 5.91 Å². The number of tetrazole rings is 1. The van der Waals surface area contributed by atoms with Crippen LogP contribution < -0.4 is 0 Å². The van der Waals surface area contributed by atoms with Crippen LogP contribution in [0.4, 0.5) is 0 Å². The summed E-state index contributed by atoms with van der Waals surface area (Å²) in [4.78, 5) is 24.3. The number of amides is 1. The predicted molar refractivity (Wildman–Crippen MR) is 58.3 cm³/mol. The molecule has 1 N–H and O–H groups in total. The van der Waals surface area contributed by atoms with E-state index in [9.17, 15) is 9.59 Å². The van der Waals surface area contributed by atoms with Crippen molar-refractivity contribution in [1.82, 2.24) is 25.1 Å². The minimum Gasteiger partial charge on any atom is -0.480 e. The lowest BCUT2D eigenvalue weighted by Crippen LogP contribution is -2.51. The molecule has 0 bridgehead atoms. The summed E-state index contributed by atoms with van der Waals surface area (Å²) in [5, 5.41) is 19.4. The molecule has 1 aromatic heterocycles. The predicted octanol–water partition coefficient (Wildman–Crippen LogP) is -1.30. The van der Waals surface area contributed by atoms with Crippen molar-refractivity contribution in [3.05, 3.63) is 6.33 Å². The number of thioether (sulfide) groups is 1. The molecule has 2 rings (SSSR count). The Balaban J connectivity index is 2.03. The molecule has 1 atom stereocenters. The zero-order valence-corrected chi connectivity index (χ0v) is 9.71. The molecule has 0 saturated carbocycles. The van der Waals surface area contributed by atoms with Gasteiger partial charge in [0.15, 0.2) is 0 Å². The van der Waals surface area contributed by atoms with Gasteiger partial charge in [0.1, 0.15) is 18.9 Å². The summed E-state index contributed by atoms with van der Waals surface area (Å²) in [6, 6.07) is -0.752. The number of aliphatic carboxylic acids is 1. The van der Waals surface area contributed by atoms with E-state index in [0.29, 0.717) is 12.3 Å². The quantitative estimate of drug-likeness (QED) is 0.718. The van der Waals surface area contributed by atoms with Crippen LogP contribution in [0.1, 0.15) is 0 Å². The summed E-state index contributed by atoms with van der Waals surface area (Å²) in [6.07, 6.45) is 1.33. The smallest absolute Gasteiger partial charge is 0.327 e. The van der Waals surface area contributed by atoms with Gasteiger partial charge in [-0.15, -0.1) is 5.10 Å². The first kappa shape index (κ1) is 11.8. The molecule has 8 nitrogen and oxygen atoms in total. The molecule has 1 saturated heterocycles. The van der Waals surface area contributed by atoms with Gasteiger partial charge in [0.05, 0.1) is 0 Å². The molecule has 1 fully saturated rings. The number of carbonyl (C=O) groups is 2. The van der Waals surface area contributed by atoms with Crippen LogP contribution in [0.15, 0.2) is 6.33 Å². The molecule has 1 unspecified atom stereocenters. The monoisotopic (exact) mass is 257 g/mol. The van der Waals surface area contributed by atoms with Crippen LogP contribution in [0.5, 0.6) is 0 Å². The lowest BCUT2D eigenvalue weighted by Gasteiger charge is -2.32. The number of carboxylic acid groups (broad SMARTS) is 1. The second kappa shape index (κ2) is 5.13. The van der Waals surface area contributed by atoms with E-state index in [2.05, 4.69) is 15.5 Å².